The Balaban J connectivity index is 1.91. The van der Waals surface area contributed by atoms with Crippen molar-refractivity contribution in [3.05, 3.63) is 41.3 Å². The molecule has 0 spiro atoms. The van der Waals surface area contributed by atoms with Gasteiger partial charge in [0.2, 0.25) is 0 Å². The Hall–Kier alpha value is -2.47. The van der Waals surface area contributed by atoms with Gasteiger partial charge in [-0.25, -0.2) is 14.5 Å². The molecule has 3 heterocycles. The number of benzene rings is 1. The lowest BCUT2D eigenvalue weighted by Gasteiger charge is -2.05. The van der Waals surface area contributed by atoms with Gasteiger partial charge in [-0.05, 0) is 30.7 Å². The molecule has 0 unspecified atom stereocenters. The van der Waals surface area contributed by atoms with Crippen LogP contribution in [-0.2, 0) is 6.42 Å². The monoisotopic (exact) mass is 326 g/mol. The van der Waals surface area contributed by atoms with Gasteiger partial charge in [-0.15, -0.1) is 5.10 Å². The van der Waals surface area contributed by atoms with Crippen LogP contribution in [0.3, 0.4) is 0 Å². The number of aryl methyl sites for hydroxylation is 1. The van der Waals surface area contributed by atoms with Crippen LogP contribution >= 0.6 is 11.6 Å². The molecule has 0 atom stereocenters. The van der Waals surface area contributed by atoms with Crippen molar-refractivity contribution in [1.82, 2.24) is 29.8 Å². The number of rotatable bonds is 4. The first kappa shape index (κ1) is 14.1. The molecule has 4 rings (SSSR count). The van der Waals surface area contributed by atoms with Crippen molar-refractivity contribution in [1.29, 1.82) is 0 Å². The van der Waals surface area contributed by atoms with E-state index in [1.807, 2.05) is 28.8 Å². The molecule has 0 aliphatic carbocycles. The lowest BCUT2D eigenvalue weighted by Crippen LogP contribution is -2.05. The van der Waals surface area contributed by atoms with Gasteiger partial charge >= 0.3 is 0 Å². The van der Waals surface area contributed by atoms with Crippen molar-refractivity contribution < 1.29 is 0 Å². The molecule has 6 nitrogen and oxygen atoms in total. The van der Waals surface area contributed by atoms with Crippen molar-refractivity contribution in [2.75, 3.05) is 0 Å². The smallest absolute Gasteiger partial charge is 0.188 e. The first-order valence-corrected chi connectivity index (χ1v) is 7.98. The average Bonchev–Trinajstić information content (AvgIpc) is 3.19. The number of nitrogens with one attached hydrogen (secondary N) is 1. The number of unbranched alkanes of at least 4 members (excludes halogenated alkanes) is 1. The normalized spacial score (nSPS) is 11.6. The molecule has 2 aromatic rings. The summed E-state index contributed by atoms with van der Waals surface area (Å²) in [6.45, 7) is 2.16. The second kappa shape index (κ2) is 5.62. The zero-order valence-electron chi connectivity index (χ0n) is 12.6. The van der Waals surface area contributed by atoms with Gasteiger partial charge in [0.05, 0.1) is 11.8 Å². The average molecular weight is 327 g/mol. The predicted molar refractivity (Wildman–Crippen MR) is 88.6 cm³/mol. The molecule has 7 heteroatoms. The topological polar surface area (TPSA) is 71.8 Å². The van der Waals surface area contributed by atoms with Crippen LogP contribution in [0.2, 0.25) is 5.02 Å². The van der Waals surface area contributed by atoms with Crippen LogP contribution < -0.4 is 0 Å². The van der Waals surface area contributed by atoms with E-state index in [4.69, 9.17) is 16.6 Å². The summed E-state index contributed by atoms with van der Waals surface area (Å²) in [5.74, 6) is 2.34. The van der Waals surface area contributed by atoms with Crippen LogP contribution in [0.5, 0.6) is 0 Å². The van der Waals surface area contributed by atoms with Crippen molar-refractivity contribution in [3.63, 3.8) is 0 Å². The highest BCUT2D eigenvalue weighted by Crippen LogP contribution is 2.26. The van der Waals surface area contributed by atoms with Crippen LogP contribution in [0.25, 0.3) is 28.4 Å². The molecule has 1 aromatic heterocycles. The molecule has 2 aliphatic heterocycles. The number of nitrogens with zero attached hydrogens (tertiary/aromatic N) is 5. The molecule has 0 saturated heterocycles. The summed E-state index contributed by atoms with van der Waals surface area (Å²) < 4.78 is 1.94. The molecule has 1 aromatic carbocycles. The van der Waals surface area contributed by atoms with Crippen molar-refractivity contribution >= 4 is 17.2 Å². The Morgan fingerprint density at radius 2 is 2.00 bits per heavy atom. The molecular formula is C16H15ClN6. The Labute approximate surface area is 137 Å². The molecule has 2 aliphatic rings. The Morgan fingerprint density at radius 3 is 2.78 bits per heavy atom. The van der Waals surface area contributed by atoms with E-state index < -0.39 is 0 Å². The second-order valence-corrected chi connectivity index (χ2v) is 5.89. The highest BCUT2D eigenvalue weighted by Gasteiger charge is 2.19. The minimum Gasteiger partial charge on any atom is -0.274 e. The Morgan fingerprint density at radius 1 is 1.17 bits per heavy atom. The SMILES string of the molecule is CCCCc1nc2nncc-2c2nc(-c3ccc(Cl)cc3)[nH]n12. The van der Waals surface area contributed by atoms with Crippen LogP contribution in [0.1, 0.15) is 25.6 Å². The number of halogens is 1. The number of H-pyrrole nitrogens is 1. The fourth-order valence-corrected chi connectivity index (χ4v) is 2.74. The van der Waals surface area contributed by atoms with E-state index >= 15 is 0 Å². The van der Waals surface area contributed by atoms with Crippen LogP contribution in [0, 0.1) is 0 Å². The summed E-state index contributed by atoms with van der Waals surface area (Å²) in [5, 5.41) is 12.1. The standard InChI is InChI=1S/C16H15ClN6/c1-2-3-4-13-19-15-12(9-18-21-15)16-20-14(22-23(13)16)10-5-7-11(17)8-6-10/h5-9H,2-4H2,1H3,(H,20,22). The fraction of sp³-hybridized carbons (Fsp3) is 0.250. The van der Waals surface area contributed by atoms with E-state index in [1.165, 1.54) is 0 Å². The number of fused-ring (bicyclic) bond motifs is 3. The molecule has 23 heavy (non-hydrogen) atoms. The van der Waals surface area contributed by atoms with Crippen molar-refractivity contribution in [2.45, 2.75) is 26.2 Å². The summed E-state index contributed by atoms with van der Waals surface area (Å²) in [6.07, 6.45) is 4.73. The van der Waals surface area contributed by atoms with Gasteiger partial charge in [-0.3, -0.25) is 5.10 Å². The van der Waals surface area contributed by atoms with E-state index in [1.54, 1.807) is 6.20 Å². The molecule has 1 N–H and O–H groups in total. The first-order valence-electron chi connectivity index (χ1n) is 7.61. The van der Waals surface area contributed by atoms with Gasteiger partial charge in [-0.1, -0.05) is 24.9 Å². The largest absolute Gasteiger partial charge is 0.274 e. The Bertz CT molecular complexity index is 924. The van der Waals surface area contributed by atoms with Crippen LogP contribution in [0.4, 0.5) is 0 Å². The number of aromatic amines is 1. The minimum absolute atomic E-state index is 0.644. The lowest BCUT2D eigenvalue weighted by atomic mass is 10.2. The zero-order chi connectivity index (χ0) is 15.8. The molecular weight excluding hydrogens is 312 g/mol. The van der Waals surface area contributed by atoms with Gasteiger partial charge < -0.3 is 0 Å². The van der Waals surface area contributed by atoms with E-state index in [9.17, 15) is 0 Å². The number of aromatic nitrogens is 6. The van der Waals surface area contributed by atoms with Crippen molar-refractivity contribution in [3.8, 4) is 22.8 Å². The van der Waals surface area contributed by atoms with Crippen molar-refractivity contribution in [2.24, 2.45) is 0 Å². The van der Waals surface area contributed by atoms with E-state index in [0.717, 1.165) is 47.7 Å². The third-order valence-corrected chi connectivity index (χ3v) is 4.08. The summed E-state index contributed by atoms with van der Waals surface area (Å²) in [7, 11) is 0. The quantitative estimate of drug-likeness (QED) is 0.621. The summed E-state index contributed by atoms with van der Waals surface area (Å²) >= 11 is 5.96. The lowest BCUT2D eigenvalue weighted by molar-refractivity contribution is 0.713. The van der Waals surface area contributed by atoms with Gasteiger partial charge in [0, 0.05) is 17.0 Å². The molecule has 0 saturated carbocycles. The molecule has 0 fully saturated rings. The molecule has 0 amide bonds. The highest BCUT2D eigenvalue weighted by molar-refractivity contribution is 6.30. The zero-order valence-corrected chi connectivity index (χ0v) is 13.4. The van der Waals surface area contributed by atoms with Gasteiger partial charge in [-0.2, -0.15) is 5.10 Å². The van der Waals surface area contributed by atoms with E-state index in [0.29, 0.717) is 10.8 Å². The molecule has 0 radical (unpaired) electrons. The summed E-state index contributed by atoms with van der Waals surface area (Å²) in [4.78, 5) is 9.35. The Kier molecular flexibility index (Phi) is 3.46. The fourth-order valence-electron chi connectivity index (χ4n) is 2.61. The maximum Gasteiger partial charge on any atom is 0.188 e. The molecule has 116 valence electrons. The minimum atomic E-state index is 0.644. The maximum atomic E-state index is 5.96. The highest BCUT2D eigenvalue weighted by atomic mass is 35.5. The molecule has 0 bridgehead atoms. The van der Waals surface area contributed by atoms with Gasteiger partial charge in [0.15, 0.2) is 17.3 Å². The number of hydrogen-bond donors (Lipinski definition) is 1. The second-order valence-electron chi connectivity index (χ2n) is 5.45. The van der Waals surface area contributed by atoms with Crippen LogP contribution in [-0.4, -0.2) is 29.8 Å². The summed E-state index contributed by atoms with van der Waals surface area (Å²) in [6, 6.07) is 7.59. The third kappa shape index (κ3) is 2.45. The van der Waals surface area contributed by atoms with E-state index in [2.05, 4.69) is 27.2 Å². The summed E-state index contributed by atoms with van der Waals surface area (Å²) in [5.41, 5.74) is 2.62. The van der Waals surface area contributed by atoms with E-state index in [-0.39, 0.29) is 0 Å². The van der Waals surface area contributed by atoms with Gasteiger partial charge in [0.1, 0.15) is 5.82 Å². The maximum absolute atomic E-state index is 5.96. The van der Waals surface area contributed by atoms with Crippen LogP contribution in [0.15, 0.2) is 30.5 Å². The predicted octanol–water partition coefficient (Wildman–Crippen LogP) is 3.62. The number of hydrogen-bond acceptors (Lipinski definition) is 4. The third-order valence-electron chi connectivity index (χ3n) is 3.83. The first-order chi connectivity index (χ1) is 11.3. The van der Waals surface area contributed by atoms with Gasteiger partial charge in [0.25, 0.3) is 0 Å².